The van der Waals surface area contributed by atoms with Gasteiger partial charge in [-0.05, 0) is 51.8 Å². The lowest BCUT2D eigenvalue weighted by molar-refractivity contribution is -0.147. The van der Waals surface area contributed by atoms with Crippen molar-refractivity contribution in [3.8, 4) is 5.75 Å². The monoisotopic (exact) mass is 327 g/mol. The molecule has 0 aliphatic heterocycles. The molecular formula is C17H23F2NO3. The number of nitrogens with one attached hydrogen (secondary N) is 1. The van der Waals surface area contributed by atoms with Crippen LogP contribution < -0.4 is 10.1 Å². The highest BCUT2D eigenvalue weighted by Gasteiger charge is 2.42. The van der Waals surface area contributed by atoms with Crippen LogP contribution in [0.5, 0.6) is 5.75 Å². The van der Waals surface area contributed by atoms with E-state index >= 15 is 0 Å². The predicted molar refractivity (Wildman–Crippen MR) is 82.7 cm³/mol. The zero-order valence-corrected chi connectivity index (χ0v) is 13.8. The predicted octanol–water partition coefficient (Wildman–Crippen LogP) is 3.46. The van der Waals surface area contributed by atoms with Crippen molar-refractivity contribution in [1.82, 2.24) is 5.32 Å². The van der Waals surface area contributed by atoms with Gasteiger partial charge in [0.25, 0.3) is 5.91 Å². The van der Waals surface area contributed by atoms with Crippen LogP contribution in [0, 0.1) is 0 Å². The number of carbonyl (C=O) groups is 1. The van der Waals surface area contributed by atoms with E-state index < -0.39 is 12.2 Å². The molecule has 0 radical (unpaired) electrons. The summed E-state index contributed by atoms with van der Waals surface area (Å²) in [5.41, 5.74) is 0.121. The molecule has 0 bridgehead atoms. The lowest BCUT2D eigenvalue weighted by Crippen LogP contribution is -2.46. The zero-order valence-electron chi connectivity index (χ0n) is 13.8. The van der Waals surface area contributed by atoms with Crippen LogP contribution in [-0.2, 0) is 9.53 Å². The Hall–Kier alpha value is -1.69. The molecule has 0 saturated heterocycles. The second-order valence-electron chi connectivity index (χ2n) is 6.55. The Labute approximate surface area is 135 Å². The van der Waals surface area contributed by atoms with Crippen LogP contribution in [0.2, 0.25) is 0 Å². The van der Waals surface area contributed by atoms with Gasteiger partial charge in [0.2, 0.25) is 0 Å². The molecule has 1 N–H and O–H groups in total. The van der Waals surface area contributed by atoms with Crippen LogP contribution in [0.1, 0.15) is 45.6 Å². The van der Waals surface area contributed by atoms with Crippen molar-refractivity contribution in [3.05, 3.63) is 29.8 Å². The average Bonchev–Trinajstić information content (AvgIpc) is 3.16. The van der Waals surface area contributed by atoms with Crippen molar-refractivity contribution < 1.29 is 23.0 Å². The number of hydrogen-bond acceptors (Lipinski definition) is 3. The summed E-state index contributed by atoms with van der Waals surface area (Å²) < 4.78 is 34.2. The number of amides is 1. The summed E-state index contributed by atoms with van der Waals surface area (Å²) in [7, 11) is 0. The Morgan fingerprint density at radius 1 is 1.26 bits per heavy atom. The summed E-state index contributed by atoms with van der Waals surface area (Å²) in [5, 5.41) is 2.98. The van der Waals surface area contributed by atoms with Crippen LogP contribution in [0.25, 0.3) is 0 Å². The summed E-state index contributed by atoms with van der Waals surface area (Å²) in [6, 6.07) is 6.60. The van der Waals surface area contributed by atoms with E-state index in [-0.39, 0.29) is 29.7 Å². The summed E-state index contributed by atoms with van der Waals surface area (Å²) in [4.78, 5) is 12.3. The average molecular weight is 327 g/mol. The van der Waals surface area contributed by atoms with E-state index in [1.54, 1.807) is 26.0 Å². The molecule has 0 aromatic heterocycles. The van der Waals surface area contributed by atoms with Crippen molar-refractivity contribution in [2.75, 3.05) is 0 Å². The van der Waals surface area contributed by atoms with Crippen LogP contribution in [-0.4, -0.2) is 30.3 Å². The number of ether oxygens (including phenoxy) is 2. The minimum atomic E-state index is -2.82. The molecule has 0 heterocycles. The Kier molecular flexibility index (Phi) is 5.24. The number of hydrogen-bond donors (Lipinski definition) is 1. The van der Waals surface area contributed by atoms with Gasteiger partial charge in [-0.25, -0.2) is 0 Å². The molecule has 1 fully saturated rings. The highest BCUT2D eigenvalue weighted by Crippen LogP contribution is 2.41. The van der Waals surface area contributed by atoms with Crippen molar-refractivity contribution in [2.45, 2.75) is 64.4 Å². The number of benzene rings is 1. The maximum atomic E-state index is 12.3. The fourth-order valence-electron chi connectivity index (χ4n) is 2.60. The number of alkyl halides is 2. The van der Waals surface area contributed by atoms with Gasteiger partial charge in [0.05, 0.1) is 6.10 Å². The van der Waals surface area contributed by atoms with Gasteiger partial charge in [-0.1, -0.05) is 12.1 Å². The van der Waals surface area contributed by atoms with E-state index in [1.807, 2.05) is 13.8 Å². The molecule has 23 heavy (non-hydrogen) atoms. The number of carbonyl (C=O) groups excluding carboxylic acids is 1. The second-order valence-corrected chi connectivity index (χ2v) is 6.55. The Morgan fingerprint density at radius 2 is 1.87 bits per heavy atom. The topological polar surface area (TPSA) is 47.6 Å². The maximum Gasteiger partial charge on any atom is 0.387 e. The molecule has 1 saturated carbocycles. The zero-order chi connectivity index (χ0) is 17.2. The quantitative estimate of drug-likeness (QED) is 0.834. The fraction of sp³-hybridized carbons (Fsp3) is 0.588. The first-order valence-electron chi connectivity index (χ1n) is 7.72. The molecular weight excluding hydrogens is 304 g/mol. The van der Waals surface area contributed by atoms with Gasteiger partial charge in [0.15, 0.2) is 0 Å². The highest BCUT2D eigenvalue weighted by atomic mass is 19.3. The van der Waals surface area contributed by atoms with Crippen molar-refractivity contribution in [3.63, 3.8) is 0 Å². The maximum absolute atomic E-state index is 12.3. The van der Waals surface area contributed by atoms with Crippen LogP contribution in [0.15, 0.2) is 24.3 Å². The van der Waals surface area contributed by atoms with Crippen molar-refractivity contribution in [2.24, 2.45) is 0 Å². The SMILES string of the molecule is CC(C)OC(C)(C)C(=O)N[C@@H]1C[C@H]1c1ccc(OC(F)F)cc1. The van der Waals surface area contributed by atoms with E-state index in [0.29, 0.717) is 0 Å². The smallest absolute Gasteiger partial charge is 0.387 e. The molecule has 1 amide bonds. The van der Waals surface area contributed by atoms with Crippen molar-refractivity contribution >= 4 is 5.91 Å². The summed E-state index contributed by atoms with van der Waals surface area (Å²) in [5.74, 6) is 0.196. The summed E-state index contributed by atoms with van der Waals surface area (Å²) >= 11 is 0. The third-order valence-electron chi connectivity index (χ3n) is 3.72. The molecule has 1 aromatic carbocycles. The van der Waals surface area contributed by atoms with Gasteiger partial charge in [-0.2, -0.15) is 8.78 Å². The molecule has 128 valence electrons. The molecule has 4 nitrogen and oxygen atoms in total. The van der Waals surface area contributed by atoms with E-state index in [4.69, 9.17) is 4.74 Å². The van der Waals surface area contributed by atoms with E-state index in [0.717, 1.165) is 12.0 Å². The largest absolute Gasteiger partial charge is 0.435 e. The van der Waals surface area contributed by atoms with Gasteiger partial charge in [0, 0.05) is 12.0 Å². The molecule has 0 unspecified atom stereocenters. The van der Waals surface area contributed by atoms with Gasteiger partial charge in [0.1, 0.15) is 11.4 Å². The Morgan fingerprint density at radius 3 is 2.39 bits per heavy atom. The van der Waals surface area contributed by atoms with E-state index in [1.165, 1.54) is 12.1 Å². The summed E-state index contributed by atoms with van der Waals surface area (Å²) in [6.45, 7) is 4.44. The van der Waals surface area contributed by atoms with Gasteiger partial charge < -0.3 is 14.8 Å². The first-order chi connectivity index (χ1) is 10.7. The molecule has 1 aliphatic carbocycles. The first kappa shape index (κ1) is 17.7. The minimum Gasteiger partial charge on any atom is -0.435 e. The first-order valence-corrected chi connectivity index (χ1v) is 7.72. The Balaban J connectivity index is 1.88. The molecule has 6 heteroatoms. The fourth-order valence-corrected chi connectivity index (χ4v) is 2.60. The standard InChI is InChI=1S/C17H23F2NO3/c1-10(2)23-17(3,4)15(21)20-14-9-13(14)11-5-7-12(8-6-11)22-16(18)19/h5-8,10,13-14,16H,9H2,1-4H3,(H,20,21)/t13-,14+/m0/s1. The van der Waals surface area contributed by atoms with Crippen LogP contribution in [0.4, 0.5) is 8.78 Å². The van der Waals surface area contributed by atoms with Crippen LogP contribution >= 0.6 is 0 Å². The van der Waals surface area contributed by atoms with E-state index in [2.05, 4.69) is 10.1 Å². The number of rotatable bonds is 7. The molecule has 1 aromatic rings. The minimum absolute atomic E-state index is 0.0341. The van der Waals surface area contributed by atoms with Crippen molar-refractivity contribution in [1.29, 1.82) is 0 Å². The van der Waals surface area contributed by atoms with E-state index in [9.17, 15) is 13.6 Å². The molecule has 2 rings (SSSR count). The molecule has 1 aliphatic rings. The third-order valence-corrected chi connectivity index (χ3v) is 3.72. The lowest BCUT2D eigenvalue weighted by atomic mass is 10.1. The number of halogens is 2. The Bertz CT molecular complexity index is 543. The molecule has 2 atom stereocenters. The summed E-state index contributed by atoms with van der Waals surface area (Å²) in [6.07, 6.45) is 0.798. The highest BCUT2D eigenvalue weighted by molar-refractivity contribution is 5.85. The lowest BCUT2D eigenvalue weighted by Gasteiger charge is -2.26. The van der Waals surface area contributed by atoms with Crippen LogP contribution in [0.3, 0.4) is 0 Å². The van der Waals surface area contributed by atoms with Gasteiger partial charge in [-0.3, -0.25) is 4.79 Å². The third kappa shape index (κ3) is 4.89. The van der Waals surface area contributed by atoms with Gasteiger partial charge in [-0.15, -0.1) is 0 Å². The second kappa shape index (κ2) is 6.83. The molecule has 0 spiro atoms. The van der Waals surface area contributed by atoms with Gasteiger partial charge >= 0.3 is 6.61 Å². The normalized spacial score (nSPS) is 20.7.